The van der Waals surface area contributed by atoms with Crippen LogP contribution in [-0.4, -0.2) is 27.7 Å². The molecule has 130 valence electrons. The quantitative estimate of drug-likeness (QED) is 0.759. The van der Waals surface area contributed by atoms with Crippen molar-refractivity contribution in [2.45, 2.75) is 31.7 Å². The van der Waals surface area contributed by atoms with Gasteiger partial charge in [0.2, 0.25) is 0 Å². The monoisotopic (exact) mass is 358 g/mol. The summed E-state index contributed by atoms with van der Waals surface area (Å²) in [7, 11) is 1.59. The van der Waals surface area contributed by atoms with Crippen molar-refractivity contribution in [1.29, 1.82) is 0 Å². The predicted octanol–water partition coefficient (Wildman–Crippen LogP) is 3.65. The van der Waals surface area contributed by atoms with Gasteiger partial charge in [0, 0.05) is 18.9 Å². The Labute approximate surface area is 150 Å². The summed E-state index contributed by atoms with van der Waals surface area (Å²) in [6.45, 7) is 3.71. The number of pyridine rings is 1. The third kappa shape index (κ3) is 2.27. The fraction of sp³-hybridized carbons (Fsp3) is 0.316. The number of ether oxygens (including phenoxy) is 2. The zero-order chi connectivity index (χ0) is 17.8. The van der Waals surface area contributed by atoms with Gasteiger partial charge in [0.05, 0.1) is 5.69 Å². The van der Waals surface area contributed by atoms with Gasteiger partial charge in [-0.25, -0.2) is 4.98 Å². The maximum atomic E-state index is 11.0. The Kier molecular flexibility index (Phi) is 3.76. The van der Waals surface area contributed by atoms with Crippen LogP contribution in [0.4, 0.5) is 0 Å². The van der Waals surface area contributed by atoms with Crippen LogP contribution >= 0.6 is 11.6 Å². The summed E-state index contributed by atoms with van der Waals surface area (Å²) < 4.78 is 13.8. The van der Waals surface area contributed by atoms with E-state index in [2.05, 4.69) is 4.98 Å². The van der Waals surface area contributed by atoms with Gasteiger partial charge in [-0.05, 0) is 25.5 Å². The second kappa shape index (κ2) is 5.73. The molecule has 5 nitrogen and oxygen atoms in total. The molecule has 1 aliphatic heterocycles. The van der Waals surface area contributed by atoms with E-state index in [1.54, 1.807) is 11.5 Å². The average Bonchev–Trinajstić information content (AvgIpc) is 2.93. The number of aryl methyl sites for hydroxylation is 1. The molecule has 3 atom stereocenters. The lowest BCUT2D eigenvalue weighted by atomic mass is 9.82. The van der Waals surface area contributed by atoms with Crippen molar-refractivity contribution in [3.63, 3.8) is 0 Å². The lowest BCUT2D eigenvalue weighted by Gasteiger charge is -2.43. The Morgan fingerprint density at radius 2 is 2.00 bits per heavy atom. The fourth-order valence-corrected chi connectivity index (χ4v) is 3.62. The number of nitrogens with zero attached hydrogens (tertiary/aromatic N) is 2. The van der Waals surface area contributed by atoms with Crippen molar-refractivity contribution in [2.75, 3.05) is 7.11 Å². The van der Waals surface area contributed by atoms with Gasteiger partial charge in [-0.1, -0.05) is 41.9 Å². The molecule has 0 saturated heterocycles. The van der Waals surface area contributed by atoms with Crippen LogP contribution in [0.1, 0.15) is 29.8 Å². The number of aliphatic hydroxyl groups is 1. The zero-order valence-electron chi connectivity index (χ0n) is 14.2. The fourth-order valence-electron chi connectivity index (χ4n) is 3.44. The molecule has 25 heavy (non-hydrogen) atoms. The standard InChI is InChI=1S/C19H19ClN2O3/c1-11-17(20)22-10-9-13-15(18(22)21-11)25-14(12-7-5-4-6-8-12)16(23)19(13,2)24-3/h4-10,14,16,23H,1-3H3/t14-,16-,19+/m1/s1. The molecule has 3 aromatic rings. The summed E-state index contributed by atoms with van der Waals surface area (Å²) in [4.78, 5) is 4.55. The maximum Gasteiger partial charge on any atom is 0.181 e. The van der Waals surface area contributed by atoms with Crippen molar-refractivity contribution >= 4 is 17.2 Å². The van der Waals surface area contributed by atoms with Crippen molar-refractivity contribution in [3.05, 3.63) is 64.6 Å². The van der Waals surface area contributed by atoms with E-state index in [1.807, 2.05) is 56.4 Å². The maximum absolute atomic E-state index is 11.0. The number of imidazole rings is 1. The molecule has 0 aliphatic carbocycles. The third-order valence-electron chi connectivity index (χ3n) is 5.03. The predicted molar refractivity (Wildman–Crippen MR) is 95.1 cm³/mol. The highest BCUT2D eigenvalue weighted by Crippen LogP contribution is 2.48. The van der Waals surface area contributed by atoms with Gasteiger partial charge in [0.25, 0.3) is 0 Å². The first kappa shape index (κ1) is 16.4. The van der Waals surface area contributed by atoms with Crippen LogP contribution in [0.3, 0.4) is 0 Å². The van der Waals surface area contributed by atoms with Gasteiger partial charge in [0.15, 0.2) is 17.5 Å². The smallest absolute Gasteiger partial charge is 0.181 e. The van der Waals surface area contributed by atoms with Crippen molar-refractivity contribution < 1.29 is 14.6 Å². The van der Waals surface area contributed by atoms with Crippen LogP contribution in [0.5, 0.6) is 5.75 Å². The molecule has 3 heterocycles. The van der Waals surface area contributed by atoms with E-state index in [1.165, 1.54) is 0 Å². The average molecular weight is 359 g/mol. The largest absolute Gasteiger partial charge is 0.479 e. The highest BCUT2D eigenvalue weighted by atomic mass is 35.5. The van der Waals surface area contributed by atoms with Crippen molar-refractivity contribution in [2.24, 2.45) is 0 Å². The molecular weight excluding hydrogens is 340 g/mol. The van der Waals surface area contributed by atoms with E-state index >= 15 is 0 Å². The Morgan fingerprint density at radius 1 is 1.28 bits per heavy atom. The normalized spacial score (nSPS) is 25.6. The summed E-state index contributed by atoms with van der Waals surface area (Å²) in [5.41, 5.74) is 2.04. The Bertz CT molecular complexity index is 941. The van der Waals surface area contributed by atoms with E-state index in [-0.39, 0.29) is 0 Å². The number of halogens is 1. The van der Waals surface area contributed by atoms with Crippen molar-refractivity contribution in [3.8, 4) is 5.75 Å². The number of hydrogen-bond donors (Lipinski definition) is 1. The lowest BCUT2D eigenvalue weighted by Crippen LogP contribution is -2.47. The van der Waals surface area contributed by atoms with Crippen LogP contribution in [0.15, 0.2) is 42.6 Å². The zero-order valence-corrected chi connectivity index (χ0v) is 15.0. The first-order chi connectivity index (χ1) is 12.0. The molecule has 6 heteroatoms. The topological polar surface area (TPSA) is 56.0 Å². The molecule has 0 bridgehead atoms. The van der Waals surface area contributed by atoms with Gasteiger partial charge in [-0.3, -0.25) is 4.40 Å². The summed E-state index contributed by atoms with van der Waals surface area (Å²) in [6, 6.07) is 11.5. The van der Waals surface area contributed by atoms with Gasteiger partial charge >= 0.3 is 0 Å². The van der Waals surface area contributed by atoms with Gasteiger partial charge in [0.1, 0.15) is 16.9 Å². The van der Waals surface area contributed by atoms with Crippen LogP contribution in [0, 0.1) is 6.92 Å². The highest BCUT2D eigenvalue weighted by Gasteiger charge is 2.48. The number of methoxy groups -OCH3 is 1. The van der Waals surface area contributed by atoms with Gasteiger partial charge < -0.3 is 14.6 Å². The summed E-state index contributed by atoms with van der Waals surface area (Å²) in [6.07, 6.45) is 0.384. The van der Waals surface area contributed by atoms with E-state index in [4.69, 9.17) is 21.1 Å². The van der Waals surface area contributed by atoms with Gasteiger partial charge in [-0.15, -0.1) is 0 Å². The summed E-state index contributed by atoms with van der Waals surface area (Å²) in [5.74, 6) is 0.584. The van der Waals surface area contributed by atoms with E-state index in [0.29, 0.717) is 16.5 Å². The number of aliphatic hydroxyl groups excluding tert-OH is 1. The Hall–Kier alpha value is -2.08. The first-order valence-corrected chi connectivity index (χ1v) is 8.47. The van der Waals surface area contributed by atoms with Crippen LogP contribution in [-0.2, 0) is 10.3 Å². The third-order valence-corrected chi connectivity index (χ3v) is 5.49. The molecule has 2 aromatic heterocycles. The van der Waals surface area contributed by atoms with Crippen LogP contribution in [0.25, 0.3) is 5.65 Å². The van der Waals surface area contributed by atoms with E-state index in [9.17, 15) is 5.11 Å². The first-order valence-electron chi connectivity index (χ1n) is 8.10. The highest BCUT2D eigenvalue weighted by molar-refractivity contribution is 6.30. The van der Waals surface area contributed by atoms with Gasteiger partial charge in [-0.2, -0.15) is 0 Å². The SMILES string of the molecule is CO[C@@]1(C)c2ccn3c(Cl)c(C)nc3c2O[C@H](c2ccccc2)[C@H]1O. The van der Waals surface area contributed by atoms with Crippen LogP contribution in [0.2, 0.25) is 5.15 Å². The Morgan fingerprint density at radius 3 is 2.68 bits per heavy atom. The molecular formula is C19H19ClN2O3. The number of aromatic nitrogens is 2. The molecule has 1 N–H and O–H groups in total. The molecule has 0 radical (unpaired) electrons. The molecule has 1 aromatic carbocycles. The van der Waals surface area contributed by atoms with E-state index in [0.717, 1.165) is 16.8 Å². The summed E-state index contributed by atoms with van der Waals surface area (Å²) >= 11 is 6.34. The molecule has 0 fully saturated rings. The Balaban J connectivity index is 1.97. The van der Waals surface area contributed by atoms with Crippen molar-refractivity contribution in [1.82, 2.24) is 9.38 Å². The lowest BCUT2D eigenvalue weighted by molar-refractivity contribution is -0.150. The molecule has 1 aliphatic rings. The number of fused-ring (bicyclic) bond motifs is 3. The molecule has 0 unspecified atom stereocenters. The minimum absolute atomic E-state index is 0.544. The van der Waals surface area contributed by atoms with E-state index < -0.39 is 17.8 Å². The second-order valence-electron chi connectivity index (χ2n) is 6.45. The number of hydrogen-bond acceptors (Lipinski definition) is 4. The molecule has 0 saturated carbocycles. The second-order valence-corrected chi connectivity index (χ2v) is 6.80. The van der Waals surface area contributed by atoms with Crippen LogP contribution < -0.4 is 4.74 Å². The summed E-state index contributed by atoms with van der Waals surface area (Å²) in [5, 5.41) is 11.6. The number of benzene rings is 1. The molecule has 0 spiro atoms. The number of rotatable bonds is 2. The molecule has 0 amide bonds. The molecule has 4 rings (SSSR count). The minimum Gasteiger partial charge on any atom is -0.479 e. The minimum atomic E-state index is -0.928.